The van der Waals surface area contributed by atoms with Gasteiger partial charge in [0.2, 0.25) is 0 Å². The summed E-state index contributed by atoms with van der Waals surface area (Å²) in [6.45, 7) is 3.12. The van der Waals surface area contributed by atoms with Crippen LogP contribution in [0, 0.1) is 6.92 Å². The van der Waals surface area contributed by atoms with Crippen molar-refractivity contribution in [2.45, 2.75) is 20.4 Å². The first-order valence-corrected chi connectivity index (χ1v) is 10.6. The number of carbonyl (C=O) groups is 3. The van der Waals surface area contributed by atoms with Crippen LogP contribution < -0.4 is 10.5 Å². The predicted octanol–water partition coefficient (Wildman–Crippen LogP) is 2.71. The van der Waals surface area contributed by atoms with Crippen molar-refractivity contribution < 1.29 is 23.9 Å². The van der Waals surface area contributed by atoms with Crippen LogP contribution >= 0.6 is 11.3 Å². The molecule has 3 aromatic rings. The summed E-state index contributed by atoms with van der Waals surface area (Å²) in [5, 5.41) is 0.271. The van der Waals surface area contributed by atoms with E-state index in [1.165, 1.54) is 23.2 Å². The summed E-state index contributed by atoms with van der Waals surface area (Å²) in [5.41, 5.74) is 0.435. The second-order valence-electron chi connectivity index (χ2n) is 6.59. The fourth-order valence-corrected chi connectivity index (χ4v) is 3.75. The van der Waals surface area contributed by atoms with Gasteiger partial charge in [0.25, 0.3) is 11.5 Å². The zero-order valence-corrected chi connectivity index (χ0v) is 18.3. The van der Waals surface area contributed by atoms with Gasteiger partial charge in [-0.3, -0.25) is 14.5 Å². The number of pyridine rings is 1. The number of nitrogens with one attached hydrogen (secondary N) is 1. The SMILES string of the molecule is CCOC(=O)c1sc(N(Cc2ccccc2)C(=O)COC(=O)c2ccc[nH]c2=O)nc1C. The average Bonchev–Trinajstić information content (AvgIpc) is 3.18. The third-order valence-corrected chi connectivity index (χ3v) is 5.49. The van der Waals surface area contributed by atoms with Gasteiger partial charge in [-0.15, -0.1) is 0 Å². The Bertz CT molecular complexity index is 1170. The Morgan fingerprint density at radius 1 is 1.06 bits per heavy atom. The molecule has 0 atom stereocenters. The van der Waals surface area contributed by atoms with E-state index in [1.54, 1.807) is 13.8 Å². The molecule has 0 saturated carbocycles. The molecule has 0 aliphatic carbocycles. The third kappa shape index (κ3) is 5.46. The standard InChI is InChI=1S/C22H21N3O6S/c1-3-30-21(29)18-14(2)24-22(32-18)25(12-15-8-5-4-6-9-15)17(26)13-31-20(28)16-10-7-11-23-19(16)27/h4-11H,3,12-13H2,1-2H3,(H,23,27). The number of aryl methyl sites for hydroxylation is 1. The van der Waals surface area contributed by atoms with Crippen molar-refractivity contribution in [2.24, 2.45) is 0 Å². The van der Waals surface area contributed by atoms with Crippen LogP contribution in [-0.2, 0) is 20.8 Å². The number of H-pyrrole nitrogens is 1. The number of esters is 2. The molecule has 1 aromatic carbocycles. The molecule has 0 unspecified atom stereocenters. The molecule has 9 nitrogen and oxygen atoms in total. The van der Waals surface area contributed by atoms with Crippen LogP contribution in [0.4, 0.5) is 5.13 Å². The molecule has 32 heavy (non-hydrogen) atoms. The van der Waals surface area contributed by atoms with E-state index in [0.29, 0.717) is 10.6 Å². The normalized spacial score (nSPS) is 10.4. The Hall–Kier alpha value is -3.79. The smallest absolute Gasteiger partial charge is 0.350 e. The van der Waals surface area contributed by atoms with Crippen LogP contribution in [-0.4, -0.2) is 41.0 Å². The van der Waals surface area contributed by atoms with Crippen LogP contribution in [0.2, 0.25) is 0 Å². The first kappa shape index (κ1) is 22.9. The highest BCUT2D eigenvalue weighted by Gasteiger charge is 2.25. The summed E-state index contributed by atoms with van der Waals surface area (Å²) in [6, 6.07) is 12.0. The number of aromatic nitrogens is 2. The maximum atomic E-state index is 13.0. The Morgan fingerprint density at radius 2 is 1.81 bits per heavy atom. The zero-order chi connectivity index (χ0) is 23.1. The number of rotatable bonds is 8. The molecule has 0 radical (unpaired) electrons. The molecule has 1 amide bonds. The topological polar surface area (TPSA) is 119 Å². The van der Waals surface area contributed by atoms with Crippen molar-refractivity contribution >= 4 is 34.3 Å². The van der Waals surface area contributed by atoms with Gasteiger partial charge in [-0.05, 0) is 31.5 Å². The number of ether oxygens (including phenoxy) is 2. The average molecular weight is 455 g/mol. The first-order chi connectivity index (χ1) is 15.4. The van der Waals surface area contributed by atoms with Crippen molar-refractivity contribution in [2.75, 3.05) is 18.1 Å². The van der Waals surface area contributed by atoms with Gasteiger partial charge in [-0.25, -0.2) is 14.6 Å². The van der Waals surface area contributed by atoms with E-state index in [1.807, 2.05) is 30.3 Å². The van der Waals surface area contributed by atoms with Crippen LogP contribution in [0.25, 0.3) is 0 Å². The minimum atomic E-state index is -0.914. The molecule has 0 saturated heterocycles. The van der Waals surface area contributed by atoms with Crippen molar-refractivity contribution in [3.63, 3.8) is 0 Å². The predicted molar refractivity (Wildman–Crippen MR) is 118 cm³/mol. The molecule has 2 aromatic heterocycles. The quantitative estimate of drug-likeness (QED) is 0.519. The number of aromatic amines is 1. The summed E-state index contributed by atoms with van der Waals surface area (Å²) in [4.78, 5) is 57.5. The van der Waals surface area contributed by atoms with Gasteiger partial charge in [0, 0.05) is 6.20 Å². The number of amides is 1. The lowest BCUT2D eigenvalue weighted by atomic mass is 10.2. The Labute approximate surface area is 187 Å². The van der Waals surface area contributed by atoms with Gasteiger partial charge in [-0.2, -0.15) is 0 Å². The maximum Gasteiger partial charge on any atom is 0.350 e. The summed E-state index contributed by atoms with van der Waals surface area (Å²) >= 11 is 1.02. The molecule has 0 fully saturated rings. The van der Waals surface area contributed by atoms with E-state index in [0.717, 1.165) is 16.9 Å². The van der Waals surface area contributed by atoms with Gasteiger partial charge < -0.3 is 14.5 Å². The van der Waals surface area contributed by atoms with Crippen molar-refractivity contribution in [3.8, 4) is 0 Å². The largest absolute Gasteiger partial charge is 0.462 e. The molecular formula is C22H21N3O6S. The third-order valence-electron chi connectivity index (χ3n) is 4.33. The molecule has 10 heteroatoms. The van der Waals surface area contributed by atoms with Gasteiger partial charge in [0.05, 0.1) is 18.8 Å². The van der Waals surface area contributed by atoms with Crippen LogP contribution in [0.1, 0.15) is 38.2 Å². The molecule has 166 valence electrons. The maximum absolute atomic E-state index is 13.0. The van der Waals surface area contributed by atoms with Gasteiger partial charge >= 0.3 is 11.9 Å². The summed E-state index contributed by atoms with van der Waals surface area (Å²) in [6.07, 6.45) is 1.39. The minimum Gasteiger partial charge on any atom is -0.462 e. The van der Waals surface area contributed by atoms with Gasteiger partial charge in [-0.1, -0.05) is 41.7 Å². The first-order valence-electron chi connectivity index (χ1n) is 9.74. The second-order valence-corrected chi connectivity index (χ2v) is 7.56. The molecule has 3 rings (SSSR count). The highest BCUT2D eigenvalue weighted by Crippen LogP contribution is 2.28. The molecule has 2 heterocycles. The highest BCUT2D eigenvalue weighted by molar-refractivity contribution is 7.17. The second kappa shape index (κ2) is 10.5. The van der Waals surface area contributed by atoms with Crippen LogP contribution in [0.3, 0.4) is 0 Å². The minimum absolute atomic E-state index is 0.151. The number of carbonyl (C=O) groups excluding carboxylic acids is 3. The van der Waals surface area contributed by atoms with Crippen molar-refractivity contribution in [1.29, 1.82) is 0 Å². The molecule has 0 aliphatic rings. The number of benzene rings is 1. The number of thiazole rings is 1. The van der Waals surface area contributed by atoms with E-state index in [-0.39, 0.29) is 23.8 Å². The molecule has 1 N–H and O–H groups in total. The van der Waals surface area contributed by atoms with E-state index in [2.05, 4.69) is 9.97 Å². The van der Waals surface area contributed by atoms with E-state index in [9.17, 15) is 19.2 Å². The van der Waals surface area contributed by atoms with E-state index >= 15 is 0 Å². The monoisotopic (exact) mass is 455 g/mol. The fraction of sp³-hybridized carbons (Fsp3) is 0.227. The van der Waals surface area contributed by atoms with Crippen LogP contribution in [0.15, 0.2) is 53.5 Å². The molecular weight excluding hydrogens is 434 g/mol. The van der Waals surface area contributed by atoms with Crippen molar-refractivity contribution in [3.05, 3.63) is 80.7 Å². The number of nitrogens with zero attached hydrogens (tertiary/aromatic N) is 2. The van der Waals surface area contributed by atoms with Crippen LogP contribution in [0.5, 0.6) is 0 Å². The molecule has 0 bridgehead atoms. The highest BCUT2D eigenvalue weighted by atomic mass is 32.1. The fourth-order valence-electron chi connectivity index (χ4n) is 2.78. The Kier molecular flexibility index (Phi) is 7.50. The summed E-state index contributed by atoms with van der Waals surface area (Å²) in [5.74, 6) is -1.99. The lowest BCUT2D eigenvalue weighted by molar-refractivity contribution is -0.121. The number of hydrogen-bond donors (Lipinski definition) is 1. The molecule has 0 spiro atoms. The van der Waals surface area contributed by atoms with Crippen molar-refractivity contribution in [1.82, 2.24) is 9.97 Å². The van der Waals surface area contributed by atoms with E-state index < -0.39 is 30.0 Å². The summed E-state index contributed by atoms with van der Waals surface area (Å²) < 4.78 is 10.1. The lowest BCUT2D eigenvalue weighted by Gasteiger charge is -2.20. The lowest BCUT2D eigenvalue weighted by Crippen LogP contribution is -2.34. The number of anilines is 1. The van der Waals surface area contributed by atoms with Gasteiger partial charge in [0.15, 0.2) is 11.7 Å². The zero-order valence-electron chi connectivity index (χ0n) is 17.5. The molecule has 0 aliphatic heterocycles. The number of hydrogen-bond acceptors (Lipinski definition) is 8. The van der Waals surface area contributed by atoms with Gasteiger partial charge in [0.1, 0.15) is 10.4 Å². The Balaban J connectivity index is 1.83. The summed E-state index contributed by atoms with van der Waals surface area (Å²) in [7, 11) is 0. The Morgan fingerprint density at radius 3 is 2.50 bits per heavy atom. The van der Waals surface area contributed by atoms with E-state index in [4.69, 9.17) is 9.47 Å².